The van der Waals surface area contributed by atoms with E-state index < -0.39 is 0 Å². The van der Waals surface area contributed by atoms with Crippen LogP contribution in [-0.2, 0) is 17.8 Å². The number of aliphatic hydroxyl groups excluding tert-OH is 1. The highest BCUT2D eigenvalue weighted by atomic mass is 16.5. The molecule has 0 spiro atoms. The number of aryl methyl sites for hydroxylation is 1. The Kier molecular flexibility index (Phi) is 5.30. The van der Waals surface area contributed by atoms with Crippen molar-refractivity contribution < 1.29 is 9.84 Å². The second-order valence-corrected chi connectivity index (χ2v) is 5.58. The van der Waals surface area contributed by atoms with Gasteiger partial charge in [-0.2, -0.15) is 0 Å². The Balaban J connectivity index is 1.71. The summed E-state index contributed by atoms with van der Waals surface area (Å²) in [6.07, 6.45) is 4.88. The molecule has 2 rings (SSSR count). The Hall–Kier alpha value is -0.980. The average Bonchev–Trinajstić information content (AvgIpc) is 2.85. The Labute approximate surface area is 114 Å². The van der Waals surface area contributed by atoms with Crippen LogP contribution in [0.3, 0.4) is 0 Å². The summed E-state index contributed by atoms with van der Waals surface area (Å²) in [6.45, 7) is 6.69. The molecule has 0 aromatic carbocycles. The fourth-order valence-corrected chi connectivity index (χ4v) is 2.29. The van der Waals surface area contributed by atoms with Crippen molar-refractivity contribution in [2.45, 2.75) is 39.3 Å². The largest absolute Gasteiger partial charge is 0.396 e. The first-order valence-corrected chi connectivity index (χ1v) is 7.00. The van der Waals surface area contributed by atoms with Crippen LogP contribution in [0.2, 0.25) is 0 Å². The zero-order chi connectivity index (χ0) is 13.6. The summed E-state index contributed by atoms with van der Waals surface area (Å²) in [4.78, 5) is 0. The standard InChI is InChI=1S/C13H24N4O2/c1-13(3-7-19-8-4-13)11-14-9-12-10-17(16-15-12)5-2-6-18/h10,14,18H,2-9,11H2,1H3. The molecule has 1 aliphatic rings. The van der Waals surface area contributed by atoms with Gasteiger partial charge in [0.15, 0.2) is 0 Å². The number of nitrogens with zero attached hydrogens (tertiary/aromatic N) is 3. The van der Waals surface area contributed by atoms with Crippen molar-refractivity contribution in [1.29, 1.82) is 0 Å². The first-order valence-electron chi connectivity index (χ1n) is 7.00. The zero-order valence-electron chi connectivity index (χ0n) is 11.6. The van der Waals surface area contributed by atoms with Crippen LogP contribution in [0.5, 0.6) is 0 Å². The van der Waals surface area contributed by atoms with Crippen LogP contribution in [-0.4, -0.2) is 46.5 Å². The van der Waals surface area contributed by atoms with Crippen LogP contribution in [0.4, 0.5) is 0 Å². The van der Waals surface area contributed by atoms with E-state index in [2.05, 4.69) is 22.6 Å². The molecule has 0 amide bonds. The number of hydrogen-bond donors (Lipinski definition) is 2. The summed E-state index contributed by atoms with van der Waals surface area (Å²) in [7, 11) is 0. The Bertz CT molecular complexity index is 374. The molecule has 6 heteroatoms. The summed E-state index contributed by atoms with van der Waals surface area (Å²) in [5.74, 6) is 0. The number of nitrogens with one attached hydrogen (secondary N) is 1. The molecule has 2 N–H and O–H groups in total. The molecule has 0 atom stereocenters. The van der Waals surface area contributed by atoms with Crippen molar-refractivity contribution in [2.24, 2.45) is 5.41 Å². The Morgan fingerprint density at radius 2 is 2.26 bits per heavy atom. The molecule has 0 unspecified atom stereocenters. The van der Waals surface area contributed by atoms with Crippen LogP contribution >= 0.6 is 0 Å². The van der Waals surface area contributed by atoms with E-state index in [4.69, 9.17) is 9.84 Å². The molecule has 1 aliphatic heterocycles. The zero-order valence-corrected chi connectivity index (χ0v) is 11.6. The van der Waals surface area contributed by atoms with Crippen molar-refractivity contribution in [3.05, 3.63) is 11.9 Å². The van der Waals surface area contributed by atoms with E-state index >= 15 is 0 Å². The summed E-state index contributed by atoms with van der Waals surface area (Å²) >= 11 is 0. The lowest BCUT2D eigenvalue weighted by atomic mass is 9.82. The van der Waals surface area contributed by atoms with Crippen molar-refractivity contribution in [1.82, 2.24) is 20.3 Å². The molecule has 0 radical (unpaired) electrons. The molecule has 1 saturated heterocycles. The third kappa shape index (κ3) is 4.56. The van der Waals surface area contributed by atoms with Gasteiger partial charge in [-0.15, -0.1) is 5.10 Å². The molecular formula is C13H24N4O2. The third-order valence-electron chi connectivity index (χ3n) is 3.69. The van der Waals surface area contributed by atoms with E-state index in [1.54, 1.807) is 4.68 Å². The number of hydrogen-bond acceptors (Lipinski definition) is 5. The van der Waals surface area contributed by atoms with Crippen LogP contribution in [0, 0.1) is 5.41 Å². The molecule has 1 aromatic heterocycles. The molecule has 0 aliphatic carbocycles. The maximum absolute atomic E-state index is 8.76. The minimum atomic E-state index is 0.188. The summed E-state index contributed by atoms with van der Waals surface area (Å²) in [5, 5.41) is 20.4. The fraction of sp³-hybridized carbons (Fsp3) is 0.846. The lowest BCUT2D eigenvalue weighted by Gasteiger charge is -2.33. The monoisotopic (exact) mass is 268 g/mol. The minimum Gasteiger partial charge on any atom is -0.396 e. The molecule has 2 heterocycles. The van der Waals surface area contributed by atoms with Gasteiger partial charge in [0.05, 0.1) is 5.69 Å². The van der Waals surface area contributed by atoms with Gasteiger partial charge in [0.25, 0.3) is 0 Å². The second-order valence-electron chi connectivity index (χ2n) is 5.58. The van der Waals surface area contributed by atoms with E-state index in [9.17, 15) is 0 Å². The maximum atomic E-state index is 8.76. The van der Waals surface area contributed by atoms with Crippen molar-refractivity contribution in [2.75, 3.05) is 26.4 Å². The Morgan fingerprint density at radius 3 is 3.00 bits per heavy atom. The molecule has 1 fully saturated rings. The van der Waals surface area contributed by atoms with E-state index in [1.165, 1.54) is 0 Å². The van der Waals surface area contributed by atoms with Crippen molar-refractivity contribution in [3.8, 4) is 0 Å². The maximum Gasteiger partial charge on any atom is 0.0964 e. The highest BCUT2D eigenvalue weighted by Crippen LogP contribution is 2.28. The van der Waals surface area contributed by atoms with E-state index in [1.807, 2.05) is 6.20 Å². The minimum absolute atomic E-state index is 0.188. The lowest BCUT2D eigenvalue weighted by Crippen LogP contribution is -2.36. The van der Waals surface area contributed by atoms with Crippen LogP contribution in [0.15, 0.2) is 6.20 Å². The van der Waals surface area contributed by atoms with Gasteiger partial charge in [-0.3, -0.25) is 4.68 Å². The van der Waals surface area contributed by atoms with Gasteiger partial charge in [0.1, 0.15) is 0 Å². The second kappa shape index (κ2) is 6.98. The van der Waals surface area contributed by atoms with Gasteiger partial charge in [-0.25, -0.2) is 0 Å². The predicted octanol–water partition coefficient (Wildman–Crippen LogP) is 0.567. The topological polar surface area (TPSA) is 72.2 Å². The molecule has 0 bridgehead atoms. The highest BCUT2D eigenvalue weighted by molar-refractivity contribution is 4.92. The molecule has 0 saturated carbocycles. The SMILES string of the molecule is CC1(CNCc2cn(CCCO)nn2)CCOCC1. The number of ether oxygens (including phenoxy) is 1. The predicted molar refractivity (Wildman–Crippen MR) is 71.6 cm³/mol. The summed E-state index contributed by atoms with van der Waals surface area (Å²) in [5.41, 5.74) is 1.29. The fourth-order valence-electron chi connectivity index (χ4n) is 2.29. The summed E-state index contributed by atoms with van der Waals surface area (Å²) in [6, 6.07) is 0. The van der Waals surface area contributed by atoms with Crippen LogP contribution < -0.4 is 5.32 Å². The Morgan fingerprint density at radius 1 is 1.47 bits per heavy atom. The number of rotatable bonds is 7. The first kappa shape index (κ1) is 14.4. The molecule has 6 nitrogen and oxygen atoms in total. The molecular weight excluding hydrogens is 244 g/mol. The number of aliphatic hydroxyl groups is 1. The molecule has 108 valence electrons. The van der Waals surface area contributed by atoms with Crippen LogP contribution in [0.25, 0.3) is 0 Å². The van der Waals surface area contributed by atoms with Gasteiger partial charge in [-0.1, -0.05) is 12.1 Å². The first-order chi connectivity index (χ1) is 9.22. The number of aromatic nitrogens is 3. The van der Waals surface area contributed by atoms with Crippen LogP contribution in [0.1, 0.15) is 31.9 Å². The average molecular weight is 268 g/mol. The summed E-state index contributed by atoms with van der Waals surface area (Å²) < 4.78 is 7.18. The molecule has 1 aromatic rings. The van der Waals surface area contributed by atoms with E-state index in [-0.39, 0.29) is 6.61 Å². The van der Waals surface area contributed by atoms with E-state index in [0.29, 0.717) is 11.8 Å². The third-order valence-corrected chi connectivity index (χ3v) is 3.69. The quantitative estimate of drug-likeness (QED) is 0.756. The van der Waals surface area contributed by atoms with E-state index in [0.717, 1.165) is 51.4 Å². The van der Waals surface area contributed by atoms with Gasteiger partial charge < -0.3 is 15.2 Å². The van der Waals surface area contributed by atoms with Gasteiger partial charge in [0, 0.05) is 45.7 Å². The van der Waals surface area contributed by atoms with Gasteiger partial charge in [0.2, 0.25) is 0 Å². The van der Waals surface area contributed by atoms with Crippen molar-refractivity contribution >= 4 is 0 Å². The highest BCUT2D eigenvalue weighted by Gasteiger charge is 2.26. The van der Waals surface area contributed by atoms with Crippen molar-refractivity contribution in [3.63, 3.8) is 0 Å². The molecule has 19 heavy (non-hydrogen) atoms. The lowest BCUT2D eigenvalue weighted by molar-refractivity contribution is 0.0239. The smallest absolute Gasteiger partial charge is 0.0964 e. The normalized spacial score (nSPS) is 18.6. The van der Waals surface area contributed by atoms with Gasteiger partial charge >= 0.3 is 0 Å². The van der Waals surface area contributed by atoms with Gasteiger partial charge in [-0.05, 0) is 24.7 Å².